The Kier molecular flexibility index (Phi) is 9.99. The first kappa shape index (κ1) is 29.8. The number of carboxylic acid groups (broad SMARTS) is 1. The van der Waals surface area contributed by atoms with Gasteiger partial charge in [0.2, 0.25) is 0 Å². The zero-order valence-corrected chi connectivity index (χ0v) is 24.5. The van der Waals surface area contributed by atoms with Gasteiger partial charge in [-0.15, -0.1) is 0 Å². The van der Waals surface area contributed by atoms with Gasteiger partial charge in [-0.25, -0.2) is 4.79 Å². The standard InChI is InChI=1S/C34H32N2O6S/c1-2-40-30(33(37)38)21-24-13-16-28(17-14-24)41-20-19-36-29-18-15-27(22-31(29)43-34(36)39)32(26-11-7-4-8-12-26)35-42-23-25-9-5-3-6-10-25/h3-18,22,30H,2,19-21,23H2,1H3,(H,37,38). The summed E-state index contributed by atoms with van der Waals surface area (Å²) in [7, 11) is 0. The predicted octanol–water partition coefficient (Wildman–Crippen LogP) is 6.14. The first-order valence-corrected chi connectivity index (χ1v) is 14.8. The molecule has 220 valence electrons. The van der Waals surface area contributed by atoms with Crippen molar-refractivity contribution < 1.29 is 24.2 Å². The van der Waals surface area contributed by atoms with Crippen LogP contribution in [0.15, 0.2) is 113 Å². The van der Waals surface area contributed by atoms with Gasteiger partial charge in [-0.2, -0.15) is 0 Å². The fourth-order valence-electron chi connectivity index (χ4n) is 4.65. The molecule has 0 aliphatic rings. The predicted molar refractivity (Wildman–Crippen MR) is 168 cm³/mol. The highest BCUT2D eigenvalue weighted by Crippen LogP contribution is 2.22. The number of aromatic nitrogens is 1. The quantitative estimate of drug-likeness (QED) is 0.122. The Bertz CT molecular complexity index is 1730. The van der Waals surface area contributed by atoms with E-state index in [1.165, 1.54) is 11.3 Å². The van der Waals surface area contributed by atoms with Crippen LogP contribution >= 0.6 is 11.3 Å². The van der Waals surface area contributed by atoms with E-state index >= 15 is 0 Å². The summed E-state index contributed by atoms with van der Waals surface area (Å²) in [4.78, 5) is 30.0. The third-order valence-corrected chi connectivity index (χ3v) is 7.73. The van der Waals surface area contributed by atoms with Gasteiger partial charge in [-0.1, -0.05) is 95.4 Å². The van der Waals surface area contributed by atoms with Crippen LogP contribution in [-0.4, -0.2) is 40.7 Å². The van der Waals surface area contributed by atoms with Gasteiger partial charge in [-0.05, 0) is 42.3 Å². The molecule has 4 aromatic carbocycles. The molecule has 1 unspecified atom stereocenters. The Morgan fingerprint density at radius 3 is 2.33 bits per heavy atom. The van der Waals surface area contributed by atoms with Crippen LogP contribution in [0.5, 0.6) is 5.75 Å². The van der Waals surface area contributed by atoms with Gasteiger partial charge in [0, 0.05) is 24.2 Å². The molecule has 0 spiro atoms. The average Bonchev–Trinajstić information content (AvgIpc) is 3.34. The molecule has 0 saturated carbocycles. The van der Waals surface area contributed by atoms with Crippen molar-refractivity contribution in [3.63, 3.8) is 0 Å². The first-order valence-electron chi connectivity index (χ1n) is 14.0. The van der Waals surface area contributed by atoms with Crippen molar-refractivity contribution in [2.45, 2.75) is 32.6 Å². The molecule has 0 saturated heterocycles. The number of oxime groups is 1. The molecule has 5 aromatic rings. The summed E-state index contributed by atoms with van der Waals surface area (Å²) in [6, 6.07) is 32.8. The summed E-state index contributed by atoms with van der Waals surface area (Å²) in [6.07, 6.45) is -0.606. The van der Waals surface area contributed by atoms with E-state index in [1.807, 2.05) is 91.0 Å². The van der Waals surface area contributed by atoms with Crippen LogP contribution in [0.2, 0.25) is 0 Å². The van der Waals surface area contributed by atoms with Crippen LogP contribution in [0.1, 0.15) is 29.2 Å². The van der Waals surface area contributed by atoms with E-state index in [0.717, 1.165) is 32.5 Å². The van der Waals surface area contributed by atoms with Crippen molar-refractivity contribution in [3.05, 3.63) is 135 Å². The number of nitrogens with zero attached hydrogens (tertiary/aromatic N) is 2. The highest BCUT2D eigenvalue weighted by molar-refractivity contribution is 7.16. The maximum absolute atomic E-state index is 12.9. The summed E-state index contributed by atoms with van der Waals surface area (Å²) in [5, 5.41) is 13.8. The molecule has 0 amide bonds. The third kappa shape index (κ3) is 7.77. The van der Waals surface area contributed by atoms with Crippen molar-refractivity contribution in [2.75, 3.05) is 13.2 Å². The smallest absolute Gasteiger partial charge is 0.333 e. The molecule has 0 radical (unpaired) electrons. The Morgan fingerprint density at radius 2 is 1.63 bits per heavy atom. The van der Waals surface area contributed by atoms with E-state index in [2.05, 4.69) is 5.16 Å². The van der Waals surface area contributed by atoms with Crippen LogP contribution in [0.4, 0.5) is 0 Å². The van der Waals surface area contributed by atoms with E-state index in [4.69, 9.17) is 14.3 Å². The van der Waals surface area contributed by atoms with E-state index in [-0.39, 0.29) is 11.3 Å². The van der Waals surface area contributed by atoms with Crippen LogP contribution in [0.3, 0.4) is 0 Å². The molecule has 1 N–H and O–H groups in total. The minimum absolute atomic E-state index is 0.0692. The van der Waals surface area contributed by atoms with E-state index in [9.17, 15) is 14.7 Å². The molecular weight excluding hydrogens is 564 g/mol. The molecule has 0 bridgehead atoms. The van der Waals surface area contributed by atoms with Gasteiger partial charge in [0.1, 0.15) is 24.7 Å². The molecule has 0 aliphatic heterocycles. The lowest BCUT2D eigenvalue weighted by molar-refractivity contribution is -0.149. The number of rotatable bonds is 14. The van der Waals surface area contributed by atoms with Gasteiger partial charge in [0.05, 0.1) is 16.8 Å². The molecule has 43 heavy (non-hydrogen) atoms. The van der Waals surface area contributed by atoms with Gasteiger partial charge >= 0.3 is 10.8 Å². The van der Waals surface area contributed by atoms with Gasteiger partial charge in [-0.3, -0.25) is 9.36 Å². The Labute approximate surface area is 253 Å². The second-order valence-electron chi connectivity index (χ2n) is 9.75. The van der Waals surface area contributed by atoms with E-state index in [1.54, 1.807) is 23.6 Å². The van der Waals surface area contributed by atoms with Gasteiger partial charge < -0.3 is 19.4 Å². The van der Waals surface area contributed by atoms with Crippen LogP contribution < -0.4 is 9.61 Å². The average molecular weight is 597 g/mol. The number of benzene rings is 4. The summed E-state index contributed by atoms with van der Waals surface area (Å²) >= 11 is 1.18. The molecule has 5 rings (SSSR count). The maximum Gasteiger partial charge on any atom is 0.333 e. The second-order valence-corrected chi connectivity index (χ2v) is 10.7. The number of carboxylic acids is 1. The Hall–Kier alpha value is -4.73. The number of hydrogen-bond donors (Lipinski definition) is 1. The fourth-order valence-corrected chi connectivity index (χ4v) is 5.61. The summed E-state index contributed by atoms with van der Waals surface area (Å²) in [6.45, 7) is 3.13. The molecule has 0 fully saturated rings. The highest BCUT2D eigenvalue weighted by Gasteiger charge is 2.18. The van der Waals surface area contributed by atoms with Crippen LogP contribution in [-0.2, 0) is 33.9 Å². The SMILES string of the molecule is CCOC(Cc1ccc(OCCn2c(=O)sc3cc(C(=NOCc4ccccc4)c4ccccc4)ccc32)cc1)C(=O)O. The molecule has 1 atom stereocenters. The Morgan fingerprint density at radius 1 is 0.907 bits per heavy atom. The zero-order valence-electron chi connectivity index (χ0n) is 23.7. The molecule has 8 nitrogen and oxygen atoms in total. The molecule has 9 heteroatoms. The lowest BCUT2D eigenvalue weighted by atomic mass is 10.0. The highest BCUT2D eigenvalue weighted by atomic mass is 32.1. The molecule has 0 aliphatic carbocycles. The van der Waals surface area contributed by atoms with Crippen molar-refractivity contribution in [2.24, 2.45) is 5.16 Å². The van der Waals surface area contributed by atoms with E-state index in [0.29, 0.717) is 37.8 Å². The molecular formula is C34H32N2O6S. The van der Waals surface area contributed by atoms with Crippen molar-refractivity contribution in [1.82, 2.24) is 4.57 Å². The molecule has 1 aromatic heterocycles. The first-order chi connectivity index (χ1) is 21.0. The monoisotopic (exact) mass is 596 g/mol. The summed E-state index contributed by atoms with van der Waals surface area (Å²) in [5.74, 6) is -0.344. The molecule has 1 heterocycles. The minimum Gasteiger partial charge on any atom is -0.492 e. The third-order valence-electron chi connectivity index (χ3n) is 6.79. The Balaban J connectivity index is 1.27. The normalized spacial score (nSPS) is 12.3. The summed E-state index contributed by atoms with van der Waals surface area (Å²) in [5.41, 5.74) is 5.15. The number of thiazole rings is 1. The van der Waals surface area contributed by atoms with Crippen molar-refractivity contribution in [3.8, 4) is 5.75 Å². The van der Waals surface area contributed by atoms with E-state index < -0.39 is 12.1 Å². The topological polar surface area (TPSA) is 99.4 Å². The lowest BCUT2D eigenvalue weighted by Gasteiger charge is -2.13. The minimum atomic E-state index is -0.984. The van der Waals surface area contributed by atoms with Crippen LogP contribution in [0, 0.1) is 0 Å². The number of carbonyl (C=O) groups is 1. The largest absolute Gasteiger partial charge is 0.492 e. The summed E-state index contributed by atoms with van der Waals surface area (Å²) < 4.78 is 13.8. The van der Waals surface area contributed by atoms with Gasteiger partial charge in [0.15, 0.2) is 6.10 Å². The second kappa shape index (κ2) is 14.4. The van der Waals surface area contributed by atoms with Crippen molar-refractivity contribution >= 4 is 33.2 Å². The number of fused-ring (bicyclic) bond motifs is 1. The van der Waals surface area contributed by atoms with Gasteiger partial charge in [0.25, 0.3) is 0 Å². The number of aliphatic carboxylic acids is 1. The van der Waals surface area contributed by atoms with Crippen molar-refractivity contribution in [1.29, 1.82) is 0 Å². The van der Waals surface area contributed by atoms with Crippen LogP contribution in [0.25, 0.3) is 10.2 Å². The maximum atomic E-state index is 12.9. The fraction of sp³-hybridized carbons (Fsp3) is 0.206. The lowest BCUT2D eigenvalue weighted by Crippen LogP contribution is -2.26. The number of ether oxygens (including phenoxy) is 2. The number of hydrogen-bond acceptors (Lipinski definition) is 7. The zero-order chi connectivity index (χ0) is 30.0.